The fraction of sp³-hybridized carbons (Fsp3) is 0.100. The number of rotatable bonds is 6. The number of pyridine rings is 1. The van der Waals surface area contributed by atoms with Crippen LogP contribution < -0.4 is 9.62 Å². The normalized spacial score (nSPS) is 11.1. The third-order valence-electron chi connectivity index (χ3n) is 4.08. The van der Waals surface area contributed by atoms with E-state index in [1.54, 1.807) is 18.2 Å². The lowest BCUT2D eigenvalue weighted by molar-refractivity contribution is -0.114. The first-order valence-corrected chi connectivity index (χ1v) is 10.3. The molecule has 29 heavy (non-hydrogen) atoms. The minimum atomic E-state index is -4.11. The highest BCUT2D eigenvalue weighted by atomic mass is 35.5. The summed E-state index contributed by atoms with van der Waals surface area (Å²) in [6.07, 6.45) is 2.62. The molecule has 150 valence electrons. The van der Waals surface area contributed by atoms with Crippen molar-refractivity contribution in [3.05, 3.63) is 83.4 Å². The second kappa shape index (κ2) is 8.59. The minimum absolute atomic E-state index is 0.0875. The van der Waals surface area contributed by atoms with E-state index >= 15 is 0 Å². The molecular weight excluding hydrogens is 417 g/mol. The molecule has 2 aromatic carbocycles. The van der Waals surface area contributed by atoms with E-state index in [-0.39, 0.29) is 10.6 Å². The number of aromatic nitrogens is 1. The predicted molar refractivity (Wildman–Crippen MR) is 110 cm³/mol. The predicted octanol–water partition coefficient (Wildman–Crippen LogP) is 4.02. The van der Waals surface area contributed by atoms with Gasteiger partial charge in [0.15, 0.2) is 0 Å². The van der Waals surface area contributed by atoms with E-state index in [0.717, 1.165) is 22.0 Å². The number of sulfonamides is 1. The van der Waals surface area contributed by atoms with Crippen molar-refractivity contribution in [3.8, 4) is 0 Å². The molecular formula is C20H17ClFN3O3S. The second-order valence-electron chi connectivity index (χ2n) is 6.19. The van der Waals surface area contributed by atoms with E-state index < -0.39 is 28.3 Å². The first-order chi connectivity index (χ1) is 13.8. The number of anilines is 2. The maximum absolute atomic E-state index is 13.3. The van der Waals surface area contributed by atoms with E-state index in [0.29, 0.717) is 10.7 Å². The van der Waals surface area contributed by atoms with Gasteiger partial charge in [-0.1, -0.05) is 17.7 Å². The summed E-state index contributed by atoms with van der Waals surface area (Å²) in [4.78, 5) is 16.3. The molecule has 6 nitrogen and oxygen atoms in total. The molecule has 0 aliphatic rings. The van der Waals surface area contributed by atoms with Gasteiger partial charge in [0.05, 0.1) is 5.69 Å². The van der Waals surface area contributed by atoms with Crippen molar-refractivity contribution in [2.75, 3.05) is 16.2 Å². The van der Waals surface area contributed by atoms with Gasteiger partial charge in [0, 0.05) is 23.1 Å². The van der Waals surface area contributed by atoms with Crippen LogP contribution in [0, 0.1) is 12.7 Å². The topological polar surface area (TPSA) is 79.4 Å². The van der Waals surface area contributed by atoms with Gasteiger partial charge in [0.2, 0.25) is 5.91 Å². The lowest BCUT2D eigenvalue weighted by Crippen LogP contribution is -2.38. The number of hydrogen-bond donors (Lipinski definition) is 1. The van der Waals surface area contributed by atoms with Crippen LogP contribution in [-0.4, -0.2) is 25.9 Å². The number of carbonyl (C=O) groups is 1. The summed E-state index contributed by atoms with van der Waals surface area (Å²) in [7, 11) is -4.11. The monoisotopic (exact) mass is 433 g/mol. The Hall–Kier alpha value is -2.97. The fourth-order valence-electron chi connectivity index (χ4n) is 2.55. The largest absolute Gasteiger partial charge is 0.324 e. The molecule has 0 atom stereocenters. The third-order valence-corrected chi connectivity index (χ3v) is 6.24. The highest BCUT2D eigenvalue weighted by molar-refractivity contribution is 7.92. The van der Waals surface area contributed by atoms with Gasteiger partial charge in [0.25, 0.3) is 10.0 Å². The molecule has 0 saturated carbocycles. The number of hydrogen-bond acceptors (Lipinski definition) is 4. The molecule has 0 bridgehead atoms. The average Bonchev–Trinajstić information content (AvgIpc) is 2.70. The summed E-state index contributed by atoms with van der Waals surface area (Å²) < 4.78 is 40.4. The number of amides is 1. The molecule has 1 N–H and O–H groups in total. The van der Waals surface area contributed by atoms with Crippen LogP contribution in [0.4, 0.5) is 15.8 Å². The lowest BCUT2D eigenvalue weighted by atomic mass is 10.2. The molecule has 3 rings (SSSR count). The zero-order valence-electron chi connectivity index (χ0n) is 15.3. The van der Waals surface area contributed by atoms with Crippen LogP contribution in [0.2, 0.25) is 5.02 Å². The van der Waals surface area contributed by atoms with Crippen molar-refractivity contribution in [3.63, 3.8) is 0 Å². The van der Waals surface area contributed by atoms with Gasteiger partial charge in [-0.25, -0.2) is 12.8 Å². The summed E-state index contributed by atoms with van der Waals surface area (Å²) in [6.45, 7) is 1.30. The first kappa shape index (κ1) is 20.8. The molecule has 1 heterocycles. The number of halogens is 2. The molecule has 9 heteroatoms. The molecule has 1 aromatic heterocycles. The standard InChI is InChI=1S/C20H17ClFN3O3S/c1-14-4-7-16(11-19(14)21)24-20(26)13-25(17-8-5-15(22)6-9-17)29(27,28)18-3-2-10-23-12-18/h2-12H,13H2,1H3,(H,24,26). The molecule has 0 fully saturated rings. The van der Waals surface area contributed by atoms with E-state index in [2.05, 4.69) is 10.3 Å². The van der Waals surface area contributed by atoms with Crippen LogP contribution in [0.5, 0.6) is 0 Å². The Balaban J connectivity index is 1.92. The minimum Gasteiger partial charge on any atom is -0.324 e. The summed E-state index contributed by atoms with van der Waals surface area (Å²) in [5.74, 6) is -1.10. The van der Waals surface area contributed by atoms with Crippen molar-refractivity contribution in [1.29, 1.82) is 0 Å². The number of carbonyl (C=O) groups excluding carboxylic acids is 1. The van der Waals surface area contributed by atoms with Gasteiger partial charge < -0.3 is 5.32 Å². The zero-order valence-corrected chi connectivity index (χ0v) is 16.9. The van der Waals surface area contributed by atoms with Gasteiger partial charge in [-0.15, -0.1) is 0 Å². The Kier molecular flexibility index (Phi) is 6.14. The zero-order chi connectivity index (χ0) is 21.0. The van der Waals surface area contributed by atoms with Gasteiger partial charge in [-0.2, -0.15) is 0 Å². The number of nitrogens with one attached hydrogen (secondary N) is 1. The van der Waals surface area contributed by atoms with Crippen molar-refractivity contribution in [2.45, 2.75) is 11.8 Å². The molecule has 0 aliphatic carbocycles. The summed E-state index contributed by atoms with van der Waals surface area (Å²) in [5, 5.41) is 3.10. The Labute approximate surface area is 173 Å². The van der Waals surface area contributed by atoms with E-state index in [1.807, 2.05) is 6.92 Å². The van der Waals surface area contributed by atoms with Crippen molar-refractivity contribution >= 4 is 38.9 Å². The molecule has 3 aromatic rings. The van der Waals surface area contributed by atoms with Crippen LogP contribution in [0.3, 0.4) is 0 Å². The molecule has 1 amide bonds. The smallest absolute Gasteiger partial charge is 0.266 e. The van der Waals surface area contributed by atoms with Crippen molar-refractivity contribution in [1.82, 2.24) is 4.98 Å². The van der Waals surface area contributed by atoms with E-state index in [1.165, 1.54) is 36.7 Å². The molecule has 0 spiro atoms. The highest BCUT2D eigenvalue weighted by Crippen LogP contribution is 2.24. The Bertz CT molecular complexity index is 1120. The summed E-state index contributed by atoms with van der Waals surface area (Å²) in [6, 6.07) is 12.7. The summed E-state index contributed by atoms with van der Waals surface area (Å²) >= 11 is 6.07. The van der Waals surface area contributed by atoms with Crippen molar-refractivity contribution in [2.24, 2.45) is 0 Å². The lowest BCUT2D eigenvalue weighted by Gasteiger charge is -2.24. The van der Waals surface area contributed by atoms with Crippen LogP contribution in [0.15, 0.2) is 71.9 Å². The SMILES string of the molecule is Cc1ccc(NC(=O)CN(c2ccc(F)cc2)S(=O)(=O)c2cccnc2)cc1Cl. The van der Waals surface area contributed by atoms with Crippen LogP contribution in [0.1, 0.15) is 5.56 Å². The average molecular weight is 434 g/mol. The van der Waals surface area contributed by atoms with Crippen LogP contribution in [-0.2, 0) is 14.8 Å². The quantitative estimate of drug-likeness (QED) is 0.636. The highest BCUT2D eigenvalue weighted by Gasteiger charge is 2.27. The third kappa shape index (κ3) is 4.90. The Morgan fingerprint density at radius 1 is 1.17 bits per heavy atom. The van der Waals surface area contributed by atoms with Gasteiger partial charge in [0.1, 0.15) is 17.3 Å². The Morgan fingerprint density at radius 3 is 2.52 bits per heavy atom. The van der Waals surface area contributed by atoms with Crippen LogP contribution in [0.25, 0.3) is 0 Å². The second-order valence-corrected chi connectivity index (χ2v) is 8.46. The van der Waals surface area contributed by atoms with Gasteiger partial charge in [-0.05, 0) is 61.0 Å². The first-order valence-electron chi connectivity index (χ1n) is 8.52. The molecule has 0 unspecified atom stereocenters. The number of benzene rings is 2. The maximum atomic E-state index is 13.3. The fourth-order valence-corrected chi connectivity index (χ4v) is 4.12. The number of aryl methyl sites for hydroxylation is 1. The van der Waals surface area contributed by atoms with Gasteiger partial charge in [-0.3, -0.25) is 14.1 Å². The van der Waals surface area contributed by atoms with E-state index in [4.69, 9.17) is 11.6 Å². The van der Waals surface area contributed by atoms with E-state index in [9.17, 15) is 17.6 Å². The van der Waals surface area contributed by atoms with Crippen molar-refractivity contribution < 1.29 is 17.6 Å². The number of nitrogens with zero attached hydrogens (tertiary/aromatic N) is 2. The molecule has 0 aliphatic heterocycles. The maximum Gasteiger partial charge on any atom is 0.266 e. The summed E-state index contributed by atoms with van der Waals surface area (Å²) in [5.41, 5.74) is 1.42. The molecule has 0 radical (unpaired) electrons. The molecule has 0 saturated heterocycles. The van der Waals surface area contributed by atoms with Gasteiger partial charge >= 0.3 is 0 Å². The Morgan fingerprint density at radius 2 is 1.90 bits per heavy atom. The van der Waals surface area contributed by atoms with Crippen LogP contribution >= 0.6 is 11.6 Å².